The molecule has 0 fully saturated rings. The van der Waals surface area contributed by atoms with Crippen LogP contribution in [-0.4, -0.2) is 53.0 Å². The third-order valence-corrected chi connectivity index (χ3v) is 3.24. The van der Waals surface area contributed by atoms with E-state index >= 15 is 0 Å². The molecular weight excluding hydrogens is 268 g/mol. The van der Waals surface area contributed by atoms with Crippen LogP contribution in [0.2, 0.25) is 0 Å². The van der Waals surface area contributed by atoms with Gasteiger partial charge in [0.15, 0.2) is 0 Å². The van der Waals surface area contributed by atoms with Crippen molar-refractivity contribution in [2.75, 3.05) is 43.1 Å². The highest BCUT2D eigenvalue weighted by Crippen LogP contribution is 2.26. The second kappa shape index (κ2) is 8.79. The van der Waals surface area contributed by atoms with Crippen molar-refractivity contribution >= 4 is 11.6 Å². The van der Waals surface area contributed by atoms with E-state index in [9.17, 15) is 10.2 Å². The van der Waals surface area contributed by atoms with Crippen LogP contribution >= 0.6 is 0 Å². The van der Waals surface area contributed by atoms with E-state index in [1.165, 1.54) is 0 Å². The predicted molar refractivity (Wildman–Crippen MR) is 86.0 cm³/mol. The molecule has 1 aromatic heterocycles. The molecule has 0 bridgehead atoms. The molecule has 1 heterocycles. The molecule has 3 N–H and O–H groups in total. The Hall–Kier alpha value is -1.40. The second-order valence-electron chi connectivity index (χ2n) is 5.39. The highest BCUT2D eigenvalue weighted by molar-refractivity contribution is 5.59. The van der Waals surface area contributed by atoms with Crippen molar-refractivity contribution in [1.29, 1.82) is 0 Å². The van der Waals surface area contributed by atoms with Crippen molar-refractivity contribution < 1.29 is 10.2 Å². The molecule has 0 spiro atoms. The summed E-state index contributed by atoms with van der Waals surface area (Å²) in [5, 5.41) is 21.8. The molecule has 0 aliphatic heterocycles. The summed E-state index contributed by atoms with van der Waals surface area (Å²) in [5.74, 6) is 2.62. The van der Waals surface area contributed by atoms with Gasteiger partial charge in [0.05, 0.1) is 13.2 Å². The fourth-order valence-corrected chi connectivity index (χ4v) is 2.07. The van der Waals surface area contributed by atoms with Crippen molar-refractivity contribution in [3.05, 3.63) is 11.4 Å². The first-order valence-electron chi connectivity index (χ1n) is 7.64. The number of nitrogens with one attached hydrogen (secondary N) is 1. The van der Waals surface area contributed by atoms with E-state index in [-0.39, 0.29) is 19.1 Å². The van der Waals surface area contributed by atoms with E-state index in [1.54, 1.807) is 0 Å². The van der Waals surface area contributed by atoms with Crippen LogP contribution in [0.15, 0.2) is 0 Å². The van der Waals surface area contributed by atoms with E-state index in [1.807, 2.05) is 11.8 Å². The first kappa shape index (κ1) is 17.7. The molecule has 120 valence electrons. The number of nitrogens with zero attached hydrogens (tertiary/aromatic N) is 3. The minimum atomic E-state index is 0.0260. The molecular formula is C15H28N4O2. The molecule has 1 rings (SSSR count). The molecule has 6 heteroatoms. The summed E-state index contributed by atoms with van der Waals surface area (Å²) in [6, 6.07) is 0. The Bertz CT molecular complexity index is 432. The summed E-state index contributed by atoms with van der Waals surface area (Å²) in [6.45, 7) is 10.00. The Morgan fingerprint density at radius 1 is 1.14 bits per heavy atom. The maximum absolute atomic E-state index is 9.22. The van der Waals surface area contributed by atoms with Crippen LogP contribution in [-0.2, 0) is 0 Å². The SMILES string of the molecule is CCCNc1nc(C(C)C)nc(N(CCO)CCO)c1C. The molecule has 0 aliphatic carbocycles. The molecule has 0 unspecified atom stereocenters. The molecule has 21 heavy (non-hydrogen) atoms. The van der Waals surface area contributed by atoms with Crippen LogP contribution in [0.3, 0.4) is 0 Å². The number of aliphatic hydroxyl groups is 2. The number of aromatic nitrogens is 2. The summed E-state index contributed by atoms with van der Waals surface area (Å²) >= 11 is 0. The van der Waals surface area contributed by atoms with Gasteiger partial charge in [0.2, 0.25) is 0 Å². The Labute approximate surface area is 127 Å². The molecule has 0 aromatic carbocycles. The molecule has 0 amide bonds. The lowest BCUT2D eigenvalue weighted by Gasteiger charge is -2.25. The van der Waals surface area contributed by atoms with Gasteiger partial charge in [-0.3, -0.25) is 0 Å². The van der Waals surface area contributed by atoms with Gasteiger partial charge in [-0.1, -0.05) is 20.8 Å². The minimum Gasteiger partial charge on any atom is -0.395 e. The van der Waals surface area contributed by atoms with Crippen LogP contribution < -0.4 is 10.2 Å². The molecule has 6 nitrogen and oxygen atoms in total. The monoisotopic (exact) mass is 296 g/mol. The van der Waals surface area contributed by atoms with Crippen LogP contribution in [0.5, 0.6) is 0 Å². The van der Waals surface area contributed by atoms with Gasteiger partial charge < -0.3 is 20.4 Å². The molecule has 0 radical (unpaired) electrons. The van der Waals surface area contributed by atoms with Gasteiger partial charge in [-0.2, -0.15) is 0 Å². The zero-order chi connectivity index (χ0) is 15.8. The number of rotatable bonds is 9. The van der Waals surface area contributed by atoms with Gasteiger partial charge in [0, 0.05) is 31.1 Å². The summed E-state index contributed by atoms with van der Waals surface area (Å²) < 4.78 is 0. The minimum absolute atomic E-state index is 0.0260. The first-order valence-corrected chi connectivity index (χ1v) is 7.64. The highest BCUT2D eigenvalue weighted by Gasteiger charge is 2.17. The van der Waals surface area contributed by atoms with Crippen LogP contribution in [0.4, 0.5) is 11.6 Å². The number of aliphatic hydroxyl groups excluding tert-OH is 2. The van der Waals surface area contributed by atoms with E-state index in [2.05, 4.69) is 36.1 Å². The van der Waals surface area contributed by atoms with Gasteiger partial charge in [-0.15, -0.1) is 0 Å². The molecule has 1 aromatic rings. The second-order valence-corrected chi connectivity index (χ2v) is 5.39. The maximum Gasteiger partial charge on any atom is 0.137 e. The fourth-order valence-electron chi connectivity index (χ4n) is 2.07. The van der Waals surface area contributed by atoms with Crippen LogP contribution in [0.1, 0.15) is 44.5 Å². The number of hydrogen-bond donors (Lipinski definition) is 3. The van der Waals surface area contributed by atoms with Gasteiger partial charge >= 0.3 is 0 Å². The number of hydrogen-bond acceptors (Lipinski definition) is 6. The first-order chi connectivity index (χ1) is 10.0. The van der Waals surface area contributed by atoms with Crippen LogP contribution in [0.25, 0.3) is 0 Å². The van der Waals surface area contributed by atoms with Crippen molar-refractivity contribution in [3.63, 3.8) is 0 Å². The zero-order valence-corrected chi connectivity index (χ0v) is 13.6. The van der Waals surface area contributed by atoms with Gasteiger partial charge in [-0.05, 0) is 13.3 Å². The van der Waals surface area contributed by atoms with Crippen molar-refractivity contribution in [1.82, 2.24) is 9.97 Å². The standard InChI is InChI=1S/C15H28N4O2/c1-5-6-16-14-12(4)15(18-13(17-14)11(2)3)19(7-9-20)8-10-21/h11,20-21H,5-10H2,1-4H3,(H,16,17,18). The smallest absolute Gasteiger partial charge is 0.137 e. The molecule has 0 atom stereocenters. The lowest BCUT2D eigenvalue weighted by atomic mass is 10.2. The van der Waals surface area contributed by atoms with Gasteiger partial charge in [0.1, 0.15) is 17.5 Å². The van der Waals surface area contributed by atoms with E-state index in [4.69, 9.17) is 0 Å². The zero-order valence-electron chi connectivity index (χ0n) is 13.6. The summed E-state index contributed by atoms with van der Waals surface area (Å²) in [6.07, 6.45) is 1.02. The third-order valence-electron chi connectivity index (χ3n) is 3.24. The number of anilines is 2. The molecule has 0 saturated heterocycles. The van der Waals surface area contributed by atoms with Crippen molar-refractivity contribution in [3.8, 4) is 0 Å². The molecule has 0 aliphatic rings. The fraction of sp³-hybridized carbons (Fsp3) is 0.733. The topological polar surface area (TPSA) is 81.5 Å². The quantitative estimate of drug-likeness (QED) is 0.641. The maximum atomic E-state index is 9.22. The normalized spacial score (nSPS) is 11.0. The van der Waals surface area contributed by atoms with Gasteiger partial charge in [-0.25, -0.2) is 9.97 Å². The lowest BCUT2D eigenvalue weighted by molar-refractivity contribution is 0.280. The lowest BCUT2D eigenvalue weighted by Crippen LogP contribution is -2.32. The predicted octanol–water partition coefficient (Wildman–Crippen LogP) is 1.52. The average Bonchev–Trinajstić information content (AvgIpc) is 2.45. The van der Waals surface area contributed by atoms with Crippen molar-refractivity contribution in [2.45, 2.75) is 40.0 Å². The van der Waals surface area contributed by atoms with Crippen LogP contribution in [0, 0.1) is 6.92 Å². The Balaban J connectivity index is 3.22. The Morgan fingerprint density at radius 3 is 2.24 bits per heavy atom. The summed E-state index contributed by atoms with van der Waals surface area (Å²) in [4.78, 5) is 11.1. The van der Waals surface area contributed by atoms with E-state index < -0.39 is 0 Å². The molecule has 0 saturated carbocycles. The third kappa shape index (κ3) is 4.82. The van der Waals surface area contributed by atoms with E-state index in [0.717, 1.165) is 36.0 Å². The Morgan fingerprint density at radius 2 is 1.76 bits per heavy atom. The highest BCUT2D eigenvalue weighted by atomic mass is 16.3. The Kier molecular flexibility index (Phi) is 7.39. The summed E-state index contributed by atoms with van der Waals surface area (Å²) in [7, 11) is 0. The largest absolute Gasteiger partial charge is 0.395 e. The average molecular weight is 296 g/mol. The summed E-state index contributed by atoms with van der Waals surface area (Å²) in [5.41, 5.74) is 0.953. The van der Waals surface area contributed by atoms with E-state index in [0.29, 0.717) is 13.1 Å². The van der Waals surface area contributed by atoms with Gasteiger partial charge in [0.25, 0.3) is 0 Å². The van der Waals surface area contributed by atoms with Crippen molar-refractivity contribution in [2.24, 2.45) is 0 Å².